The number of halogens is 1. The summed E-state index contributed by atoms with van der Waals surface area (Å²) in [6, 6.07) is 6.89. The molecule has 1 saturated heterocycles. The van der Waals surface area contributed by atoms with Gasteiger partial charge in [-0.25, -0.2) is 9.37 Å². The zero-order valence-electron chi connectivity index (χ0n) is 16.5. The van der Waals surface area contributed by atoms with Gasteiger partial charge in [0.2, 0.25) is 0 Å². The number of benzene rings is 1. The van der Waals surface area contributed by atoms with Gasteiger partial charge in [-0.15, -0.1) is 11.3 Å². The maximum absolute atomic E-state index is 13.1. The number of thiazole rings is 1. The molecule has 0 radical (unpaired) electrons. The van der Waals surface area contributed by atoms with Crippen LogP contribution in [0, 0.1) is 11.2 Å². The van der Waals surface area contributed by atoms with Crippen molar-refractivity contribution in [3.8, 4) is 11.3 Å². The van der Waals surface area contributed by atoms with Gasteiger partial charge in [0.15, 0.2) is 0 Å². The van der Waals surface area contributed by atoms with Crippen LogP contribution in [-0.4, -0.2) is 58.7 Å². The van der Waals surface area contributed by atoms with Gasteiger partial charge in [-0.1, -0.05) is 20.8 Å². The van der Waals surface area contributed by atoms with Gasteiger partial charge in [0.05, 0.1) is 12.2 Å². The van der Waals surface area contributed by atoms with Crippen LogP contribution in [0.5, 0.6) is 0 Å². The maximum atomic E-state index is 13.1. The Morgan fingerprint density at radius 1 is 1.22 bits per heavy atom. The molecule has 0 bridgehead atoms. The average Bonchev–Trinajstić information content (AvgIpc) is 3.05. The van der Waals surface area contributed by atoms with Crippen molar-refractivity contribution in [3.05, 3.63) is 40.5 Å². The summed E-state index contributed by atoms with van der Waals surface area (Å²) >= 11 is 1.66. The standard InChI is InChI=1S/C21H30FN3OS/c1-21(2,3)15-25-10-9-24(12-18(25)8-11-26)13-20-23-19(14-27-20)16-4-6-17(22)7-5-16/h4-7,14,18,26H,8-13,15H2,1-3H3/t18-/m0/s1. The van der Waals surface area contributed by atoms with E-state index < -0.39 is 0 Å². The molecule has 4 nitrogen and oxygen atoms in total. The van der Waals surface area contributed by atoms with Crippen LogP contribution in [0.2, 0.25) is 0 Å². The predicted molar refractivity (Wildman–Crippen MR) is 109 cm³/mol. The topological polar surface area (TPSA) is 39.6 Å². The lowest BCUT2D eigenvalue weighted by Crippen LogP contribution is -2.54. The smallest absolute Gasteiger partial charge is 0.123 e. The lowest BCUT2D eigenvalue weighted by Gasteiger charge is -2.43. The molecule has 2 heterocycles. The van der Waals surface area contributed by atoms with Crippen molar-refractivity contribution in [1.29, 1.82) is 0 Å². The van der Waals surface area contributed by atoms with Gasteiger partial charge >= 0.3 is 0 Å². The van der Waals surface area contributed by atoms with E-state index in [1.807, 2.05) is 5.38 Å². The number of piperazine rings is 1. The molecule has 0 spiro atoms. The number of nitrogens with zero attached hydrogens (tertiary/aromatic N) is 3. The summed E-state index contributed by atoms with van der Waals surface area (Å²) in [7, 11) is 0. The molecule has 0 unspecified atom stereocenters. The molecule has 0 aliphatic carbocycles. The van der Waals surface area contributed by atoms with Crippen molar-refractivity contribution in [1.82, 2.24) is 14.8 Å². The molecular formula is C21H30FN3OS. The van der Waals surface area contributed by atoms with Gasteiger partial charge < -0.3 is 5.11 Å². The fourth-order valence-corrected chi connectivity index (χ4v) is 4.51. The van der Waals surface area contributed by atoms with Crippen molar-refractivity contribution in [3.63, 3.8) is 0 Å². The molecule has 1 aromatic carbocycles. The molecule has 3 rings (SSSR count). The first-order valence-electron chi connectivity index (χ1n) is 9.62. The van der Waals surface area contributed by atoms with Crippen LogP contribution in [0.3, 0.4) is 0 Å². The molecule has 1 aliphatic rings. The number of aromatic nitrogens is 1. The van der Waals surface area contributed by atoms with E-state index >= 15 is 0 Å². The van der Waals surface area contributed by atoms with E-state index in [9.17, 15) is 9.50 Å². The van der Waals surface area contributed by atoms with Gasteiger partial charge in [-0.3, -0.25) is 9.80 Å². The molecule has 1 aliphatic heterocycles. The normalized spacial score (nSPS) is 19.5. The first-order valence-corrected chi connectivity index (χ1v) is 10.5. The van der Waals surface area contributed by atoms with Gasteiger partial charge in [-0.05, 0) is 36.1 Å². The Kier molecular flexibility index (Phi) is 6.63. The highest BCUT2D eigenvalue weighted by Crippen LogP contribution is 2.25. The third kappa shape index (κ3) is 5.82. The third-order valence-corrected chi connectivity index (χ3v) is 5.71. The molecule has 1 fully saturated rings. The Morgan fingerprint density at radius 3 is 2.63 bits per heavy atom. The van der Waals surface area contributed by atoms with E-state index in [1.165, 1.54) is 12.1 Å². The van der Waals surface area contributed by atoms with E-state index in [-0.39, 0.29) is 17.8 Å². The Hall–Kier alpha value is -1.34. The van der Waals surface area contributed by atoms with Gasteiger partial charge in [-0.2, -0.15) is 0 Å². The van der Waals surface area contributed by atoms with Gasteiger partial charge in [0, 0.05) is 49.8 Å². The summed E-state index contributed by atoms with van der Waals surface area (Å²) in [6.45, 7) is 11.9. The van der Waals surface area contributed by atoms with E-state index in [2.05, 4.69) is 30.6 Å². The van der Waals surface area contributed by atoms with Gasteiger partial charge in [0.25, 0.3) is 0 Å². The number of aliphatic hydroxyl groups is 1. The first-order chi connectivity index (χ1) is 12.8. The highest BCUT2D eigenvalue weighted by atomic mass is 32.1. The third-order valence-electron chi connectivity index (χ3n) is 4.88. The lowest BCUT2D eigenvalue weighted by molar-refractivity contribution is 0.0339. The van der Waals surface area contributed by atoms with Crippen molar-refractivity contribution < 1.29 is 9.50 Å². The van der Waals surface area contributed by atoms with Crippen molar-refractivity contribution in [2.45, 2.75) is 39.8 Å². The number of rotatable bonds is 6. The van der Waals surface area contributed by atoms with Crippen molar-refractivity contribution in [2.75, 3.05) is 32.8 Å². The summed E-state index contributed by atoms with van der Waals surface area (Å²) in [5.74, 6) is -0.225. The number of aliphatic hydroxyl groups excluding tert-OH is 1. The summed E-state index contributed by atoms with van der Waals surface area (Å²) in [5, 5.41) is 12.6. The zero-order valence-corrected chi connectivity index (χ0v) is 17.3. The number of hydrogen-bond donors (Lipinski definition) is 1. The fourth-order valence-electron chi connectivity index (χ4n) is 3.67. The number of hydrogen-bond acceptors (Lipinski definition) is 5. The van der Waals surface area contributed by atoms with Crippen molar-refractivity contribution >= 4 is 11.3 Å². The lowest BCUT2D eigenvalue weighted by atomic mass is 9.94. The minimum absolute atomic E-state index is 0.225. The summed E-state index contributed by atoms with van der Waals surface area (Å²) in [4.78, 5) is 9.71. The summed E-state index contributed by atoms with van der Waals surface area (Å²) < 4.78 is 13.1. The van der Waals surface area contributed by atoms with Crippen LogP contribution in [0.4, 0.5) is 4.39 Å². The maximum Gasteiger partial charge on any atom is 0.123 e. The van der Waals surface area contributed by atoms with Crippen LogP contribution >= 0.6 is 11.3 Å². The Labute approximate surface area is 165 Å². The summed E-state index contributed by atoms with van der Waals surface area (Å²) in [6.07, 6.45) is 0.811. The Bertz CT molecular complexity index is 726. The fraction of sp³-hybridized carbons (Fsp3) is 0.571. The highest BCUT2D eigenvalue weighted by molar-refractivity contribution is 7.09. The van der Waals surface area contributed by atoms with E-state index in [0.29, 0.717) is 6.04 Å². The zero-order chi connectivity index (χ0) is 19.4. The largest absolute Gasteiger partial charge is 0.396 e. The van der Waals surface area contributed by atoms with Crippen molar-refractivity contribution in [2.24, 2.45) is 5.41 Å². The molecule has 6 heteroatoms. The minimum Gasteiger partial charge on any atom is -0.396 e. The SMILES string of the molecule is CC(C)(C)CN1CCN(Cc2nc(-c3ccc(F)cc3)cs2)C[C@@H]1CCO. The van der Waals surface area contributed by atoms with E-state index in [1.54, 1.807) is 23.5 Å². The Balaban J connectivity index is 1.62. The summed E-state index contributed by atoms with van der Waals surface area (Å²) in [5.41, 5.74) is 2.12. The average molecular weight is 392 g/mol. The second kappa shape index (κ2) is 8.78. The quantitative estimate of drug-likeness (QED) is 0.812. The van der Waals surface area contributed by atoms with Gasteiger partial charge in [0.1, 0.15) is 10.8 Å². The molecule has 148 valence electrons. The van der Waals surface area contributed by atoms with Crippen LogP contribution < -0.4 is 0 Å². The van der Waals surface area contributed by atoms with Crippen LogP contribution in [0.1, 0.15) is 32.2 Å². The second-order valence-corrected chi connectivity index (χ2v) is 9.51. The van der Waals surface area contributed by atoms with Crippen LogP contribution in [-0.2, 0) is 6.54 Å². The minimum atomic E-state index is -0.225. The van der Waals surface area contributed by atoms with E-state index in [0.717, 1.165) is 55.4 Å². The molecule has 1 N–H and O–H groups in total. The predicted octanol–water partition coefficient (Wildman–Crippen LogP) is 3.86. The van der Waals surface area contributed by atoms with Crippen LogP contribution in [0.15, 0.2) is 29.6 Å². The first kappa shape index (κ1) is 20.4. The van der Waals surface area contributed by atoms with E-state index in [4.69, 9.17) is 4.98 Å². The molecule has 1 aromatic heterocycles. The molecule has 27 heavy (non-hydrogen) atoms. The van der Waals surface area contributed by atoms with Crippen LogP contribution in [0.25, 0.3) is 11.3 Å². The molecular weight excluding hydrogens is 361 g/mol. The highest BCUT2D eigenvalue weighted by Gasteiger charge is 2.29. The Morgan fingerprint density at radius 2 is 1.96 bits per heavy atom. The second-order valence-electron chi connectivity index (χ2n) is 8.57. The molecule has 0 saturated carbocycles. The molecule has 2 aromatic rings. The molecule has 1 atom stereocenters. The monoisotopic (exact) mass is 391 g/mol. The molecule has 0 amide bonds.